The van der Waals surface area contributed by atoms with E-state index in [-0.39, 0.29) is 12.1 Å². The second-order valence-corrected chi connectivity index (χ2v) is 7.91. The summed E-state index contributed by atoms with van der Waals surface area (Å²) in [4.78, 5) is 15.1. The SMILES string of the molecule is CN1C2CCC1CC(OC(=O)C(C)(C)C1(O)CCCC1)C2. The molecular weight excluding hydrogens is 266 g/mol. The third kappa shape index (κ3) is 2.50. The average molecular weight is 295 g/mol. The van der Waals surface area contributed by atoms with Gasteiger partial charge >= 0.3 is 5.97 Å². The summed E-state index contributed by atoms with van der Waals surface area (Å²) < 4.78 is 5.84. The lowest BCUT2D eigenvalue weighted by atomic mass is 9.73. The molecular formula is C17H29NO3. The second-order valence-electron chi connectivity index (χ2n) is 7.91. The van der Waals surface area contributed by atoms with Crippen molar-refractivity contribution < 1.29 is 14.6 Å². The zero-order chi connectivity index (χ0) is 15.3. The quantitative estimate of drug-likeness (QED) is 0.813. The molecule has 3 aliphatic rings. The molecule has 3 fully saturated rings. The smallest absolute Gasteiger partial charge is 0.314 e. The van der Waals surface area contributed by atoms with E-state index in [9.17, 15) is 9.90 Å². The molecule has 2 aliphatic heterocycles. The van der Waals surface area contributed by atoms with Gasteiger partial charge in [0.05, 0.1) is 11.0 Å². The van der Waals surface area contributed by atoms with Crippen LogP contribution >= 0.6 is 0 Å². The van der Waals surface area contributed by atoms with Crippen LogP contribution in [0, 0.1) is 5.41 Å². The Morgan fingerprint density at radius 1 is 1.19 bits per heavy atom. The maximum atomic E-state index is 12.6. The molecule has 0 aromatic heterocycles. The Kier molecular flexibility index (Phi) is 3.81. The number of fused-ring (bicyclic) bond motifs is 2. The van der Waals surface area contributed by atoms with Crippen LogP contribution in [0.2, 0.25) is 0 Å². The third-order valence-electron chi connectivity index (χ3n) is 6.43. The van der Waals surface area contributed by atoms with E-state index in [0.29, 0.717) is 24.9 Å². The van der Waals surface area contributed by atoms with Crippen molar-refractivity contribution in [3.8, 4) is 0 Å². The van der Waals surface area contributed by atoms with Crippen LogP contribution in [0.1, 0.15) is 65.2 Å². The fourth-order valence-electron chi connectivity index (χ4n) is 4.53. The molecule has 1 saturated carbocycles. The van der Waals surface area contributed by atoms with E-state index in [4.69, 9.17) is 4.74 Å². The van der Waals surface area contributed by atoms with Crippen molar-refractivity contribution in [1.29, 1.82) is 0 Å². The second kappa shape index (κ2) is 5.24. The van der Waals surface area contributed by atoms with Gasteiger partial charge in [-0.1, -0.05) is 12.8 Å². The normalized spacial score (nSPS) is 35.9. The molecule has 21 heavy (non-hydrogen) atoms. The minimum absolute atomic E-state index is 0.0375. The minimum atomic E-state index is -0.880. The van der Waals surface area contributed by atoms with Crippen molar-refractivity contribution in [2.24, 2.45) is 5.41 Å². The van der Waals surface area contributed by atoms with Crippen LogP contribution in [0.5, 0.6) is 0 Å². The predicted molar refractivity (Wildman–Crippen MR) is 80.9 cm³/mol. The first kappa shape index (κ1) is 15.3. The van der Waals surface area contributed by atoms with Crippen LogP contribution in [0.3, 0.4) is 0 Å². The summed E-state index contributed by atoms with van der Waals surface area (Å²) in [6.45, 7) is 3.70. The molecule has 0 radical (unpaired) electrons. The number of rotatable bonds is 3. The Hall–Kier alpha value is -0.610. The van der Waals surface area contributed by atoms with Gasteiger partial charge in [0, 0.05) is 12.1 Å². The van der Waals surface area contributed by atoms with Crippen molar-refractivity contribution in [3.05, 3.63) is 0 Å². The maximum Gasteiger partial charge on any atom is 0.314 e. The maximum absolute atomic E-state index is 12.6. The van der Waals surface area contributed by atoms with Crippen molar-refractivity contribution in [2.75, 3.05) is 7.05 Å². The Labute approximate surface area is 127 Å². The van der Waals surface area contributed by atoms with Crippen LogP contribution in [-0.2, 0) is 9.53 Å². The first-order valence-corrected chi connectivity index (χ1v) is 8.49. The lowest BCUT2D eigenvalue weighted by Crippen LogP contribution is -2.51. The van der Waals surface area contributed by atoms with Gasteiger partial charge in [0.15, 0.2) is 0 Å². The Morgan fingerprint density at radius 2 is 1.71 bits per heavy atom. The summed E-state index contributed by atoms with van der Waals surface area (Å²) in [6, 6.07) is 1.14. The molecule has 4 nitrogen and oxygen atoms in total. The number of carbonyl (C=O) groups is 1. The number of hydrogen-bond acceptors (Lipinski definition) is 4. The molecule has 2 saturated heterocycles. The zero-order valence-electron chi connectivity index (χ0n) is 13.6. The number of piperidine rings is 1. The van der Waals surface area contributed by atoms with Gasteiger partial charge in [0.2, 0.25) is 0 Å². The lowest BCUT2D eigenvalue weighted by molar-refractivity contribution is -0.179. The highest BCUT2D eigenvalue weighted by molar-refractivity contribution is 5.77. The number of carbonyl (C=O) groups excluding carboxylic acids is 1. The molecule has 0 spiro atoms. The molecule has 0 aromatic carbocycles. The molecule has 2 atom stereocenters. The van der Waals surface area contributed by atoms with Gasteiger partial charge < -0.3 is 14.7 Å². The highest BCUT2D eigenvalue weighted by Gasteiger charge is 2.52. The topological polar surface area (TPSA) is 49.8 Å². The Balaban J connectivity index is 1.64. The lowest BCUT2D eigenvalue weighted by Gasteiger charge is -2.41. The number of hydrogen-bond donors (Lipinski definition) is 1. The van der Waals surface area contributed by atoms with Crippen LogP contribution < -0.4 is 0 Å². The number of aliphatic hydroxyl groups is 1. The molecule has 0 amide bonds. The molecule has 120 valence electrons. The van der Waals surface area contributed by atoms with Crippen LogP contribution in [0.4, 0.5) is 0 Å². The Bertz CT molecular complexity index is 400. The van der Waals surface area contributed by atoms with Crippen molar-refractivity contribution in [2.45, 2.75) is 89.0 Å². The van der Waals surface area contributed by atoms with Crippen molar-refractivity contribution in [3.63, 3.8) is 0 Å². The van der Waals surface area contributed by atoms with E-state index in [0.717, 1.165) is 25.7 Å². The zero-order valence-corrected chi connectivity index (χ0v) is 13.6. The fourth-order valence-corrected chi connectivity index (χ4v) is 4.53. The monoisotopic (exact) mass is 295 g/mol. The molecule has 0 aromatic rings. The van der Waals surface area contributed by atoms with Crippen molar-refractivity contribution >= 4 is 5.97 Å². The van der Waals surface area contributed by atoms with E-state index in [1.165, 1.54) is 12.8 Å². The van der Waals surface area contributed by atoms with Crippen LogP contribution in [0.25, 0.3) is 0 Å². The first-order valence-electron chi connectivity index (χ1n) is 8.49. The molecule has 1 N–H and O–H groups in total. The van der Waals surface area contributed by atoms with Gasteiger partial charge in [0.1, 0.15) is 6.10 Å². The van der Waals surface area contributed by atoms with Crippen LogP contribution in [0.15, 0.2) is 0 Å². The number of nitrogens with zero attached hydrogens (tertiary/aromatic N) is 1. The van der Waals surface area contributed by atoms with Gasteiger partial charge in [0.25, 0.3) is 0 Å². The van der Waals surface area contributed by atoms with Gasteiger partial charge in [-0.2, -0.15) is 0 Å². The standard InChI is InChI=1S/C17H29NO3/c1-16(2,17(20)8-4-5-9-17)15(19)21-14-10-12-6-7-13(11-14)18(12)3/h12-14,20H,4-11H2,1-3H3. The summed E-state index contributed by atoms with van der Waals surface area (Å²) in [5.74, 6) is -0.208. The highest BCUT2D eigenvalue weighted by atomic mass is 16.5. The predicted octanol–water partition coefficient (Wildman–Crippen LogP) is 2.49. The van der Waals surface area contributed by atoms with E-state index in [1.54, 1.807) is 0 Å². The molecule has 3 rings (SSSR count). The van der Waals surface area contributed by atoms with Gasteiger partial charge in [-0.05, 0) is 59.4 Å². The van der Waals surface area contributed by atoms with Gasteiger partial charge in [-0.3, -0.25) is 4.79 Å². The Morgan fingerprint density at radius 3 is 2.24 bits per heavy atom. The van der Waals surface area contributed by atoms with Gasteiger partial charge in [-0.15, -0.1) is 0 Å². The molecule has 4 heteroatoms. The number of ether oxygens (including phenoxy) is 1. The molecule has 2 unspecified atom stereocenters. The largest absolute Gasteiger partial charge is 0.462 e. The summed E-state index contributed by atoms with van der Waals surface area (Å²) in [7, 11) is 2.19. The van der Waals surface area contributed by atoms with Crippen LogP contribution in [-0.4, -0.2) is 46.8 Å². The summed E-state index contributed by atoms with van der Waals surface area (Å²) in [5.41, 5.74) is -1.68. The van der Waals surface area contributed by atoms with E-state index in [1.807, 2.05) is 13.8 Å². The molecule has 2 bridgehead atoms. The third-order valence-corrected chi connectivity index (χ3v) is 6.43. The van der Waals surface area contributed by atoms with E-state index in [2.05, 4.69) is 11.9 Å². The molecule has 1 aliphatic carbocycles. The average Bonchev–Trinajstić information content (AvgIpc) is 2.93. The van der Waals surface area contributed by atoms with Crippen molar-refractivity contribution in [1.82, 2.24) is 4.90 Å². The molecule has 2 heterocycles. The van der Waals surface area contributed by atoms with E-state index < -0.39 is 11.0 Å². The minimum Gasteiger partial charge on any atom is -0.462 e. The fraction of sp³-hybridized carbons (Fsp3) is 0.941. The van der Waals surface area contributed by atoms with Gasteiger partial charge in [-0.25, -0.2) is 0 Å². The summed E-state index contributed by atoms with van der Waals surface area (Å²) in [5, 5.41) is 10.8. The summed E-state index contributed by atoms with van der Waals surface area (Å²) in [6.07, 6.45) is 7.83. The number of esters is 1. The first-order chi connectivity index (χ1) is 9.83. The summed E-state index contributed by atoms with van der Waals surface area (Å²) >= 11 is 0. The highest BCUT2D eigenvalue weighted by Crippen LogP contribution is 2.45. The van der Waals surface area contributed by atoms with E-state index >= 15 is 0 Å².